The number of fused-ring (bicyclic) bond motifs is 1. The van der Waals surface area contributed by atoms with Crippen LogP contribution in [0.1, 0.15) is 56.1 Å². The van der Waals surface area contributed by atoms with Crippen molar-refractivity contribution in [1.29, 1.82) is 0 Å². The number of ether oxygens (including phenoxy) is 1. The summed E-state index contributed by atoms with van der Waals surface area (Å²) in [6.45, 7) is 7.39. The first kappa shape index (κ1) is 28.3. The molecule has 1 aliphatic carbocycles. The van der Waals surface area contributed by atoms with Gasteiger partial charge in [-0.2, -0.15) is 8.42 Å². The van der Waals surface area contributed by atoms with Crippen LogP contribution >= 0.6 is 0 Å². The van der Waals surface area contributed by atoms with Crippen LogP contribution in [0.5, 0.6) is 0 Å². The summed E-state index contributed by atoms with van der Waals surface area (Å²) < 4.78 is 50.7. The van der Waals surface area contributed by atoms with E-state index in [4.69, 9.17) is 15.5 Å². The van der Waals surface area contributed by atoms with Gasteiger partial charge in [0.1, 0.15) is 28.7 Å². The van der Waals surface area contributed by atoms with E-state index >= 15 is 4.39 Å². The second-order valence-corrected chi connectivity index (χ2v) is 12.9. The summed E-state index contributed by atoms with van der Waals surface area (Å²) in [7, 11) is -4.08. The SMILES string of the molecule is Cc1ccnc(S(=O)(=O)Nc2ccc(-c3nc(C(C)C)n4c(C5=CC[C@@H](NC6COC6)CC5)cnc(N)c34)cc2F)c1. The molecule has 220 valence electrons. The molecule has 0 bridgehead atoms. The van der Waals surface area contributed by atoms with Gasteiger partial charge in [0.25, 0.3) is 10.0 Å². The molecule has 4 heterocycles. The summed E-state index contributed by atoms with van der Waals surface area (Å²) in [5.74, 6) is 0.364. The molecular weight excluding hydrogens is 557 g/mol. The van der Waals surface area contributed by atoms with Crippen molar-refractivity contribution in [1.82, 2.24) is 24.7 Å². The predicted octanol–water partition coefficient (Wildman–Crippen LogP) is 4.67. The number of nitrogens with one attached hydrogen (secondary N) is 2. The Morgan fingerprint density at radius 3 is 2.60 bits per heavy atom. The molecule has 1 fully saturated rings. The van der Waals surface area contributed by atoms with Crippen LogP contribution in [0, 0.1) is 12.7 Å². The van der Waals surface area contributed by atoms with Gasteiger partial charge in [-0.25, -0.2) is 19.3 Å². The van der Waals surface area contributed by atoms with E-state index in [0.717, 1.165) is 49.6 Å². The lowest BCUT2D eigenvalue weighted by molar-refractivity contribution is -0.0103. The summed E-state index contributed by atoms with van der Waals surface area (Å²) in [6, 6.07) is 8.22. The van der Waals surface area contributed by atoms with E-state index in [-0.39, 0.29) is 22.4 Å². The normalized spacial score (nSPS) is 17.8. The number of aromatic nitrogens is 4. The molecule has 6 rings (SSSR count). The van der Waals surface area contributed by atoms with Crippen LogP contribution in [0.15, 0.2) is 53.8 Å². The molecule has 1 aliphatic heterocycles. The standard InChI is InChI=1S/C30H34FN7O3S/c1-17(2)30-36-27(20-6-9-24(23(31)13-20)37-42(39,40)26-12-18(3)10-11-33-26)28-29(32)34-14-25(38(28)30)19-4-7-21(8-5-19)35-22-15-41-16-22/h4,6,9-14,17,21-22,35,37H,5,7-8,15-16H2,1-3H3,(H2,32,34)/t21-/m1/s1. The first-order valence-corrected chi connectivity index (χ1v) is 15.5. The van der Waals surface area contributed by atoms with Crippen molar-refractivity contribution in [2.45, 2.75) is 63.1 Å². The molecule has 0 radical (unpaired) electrons. The van der Waals surface area contributed by atoms with Gasteiger partial charge >= 0.3 is 0 Å². The summed E-state index contributed by atoms with van der Waals surface area (Å²) in [5.41, 5.74) is 10.6. The van der Waals surface area contributed by atoms with E-state index in [1.165, 1.54) is 30.0 Å². The number of halogens is 1. The number of allylic oxidation sites excluding steroid dienone is 1. The number of hydrogen-bond donors (Lipinski definition) is 3. The zero-order valence-corrected chi connectivity index (χ0v) is 24.6. The average Bonchev–Trinajstić information content (AvgIpc) is 3.35. The fourth-order valence-corrected chi connectivity index (χ4v) is 6.56. The Kier molecular flexibility index (Phi) is 7.46. The number of rotatable bonds is 8. The molecule has 0 saturated carbocycles. The summed E-state index contributed by atoms with van der Waals surface area (Å²) in [5, 5.41) is 3.47. The van der Waals surface area contributed by atoms with Crippen molar-refractivity contribution < 1.29 is 17.5 Å². The minimum Gasteiger partial charge on any atom is -0.382 e. The Morgan fingerprint density at radius 2 is 1.95 bits per heavy atom. The fraction of sp³-hybridized carbons (Fsp3) is 0.367. The third kappa shape index (κ3) is 5.37. The maximum absolute atomic E-state index is 15.4. The van der Waals surface area contributed by atoms with Crippen molar-refractivity contribution in [2.24, 2.45) is 0 Å². The molecule has 12 heteroatoms. The summed E-state index contributed by atoms with van der Waals surface area (Å²) in [6.07, 6.45) is 8.20. The summed E-state index contributed by atoms with van der Waals surface area (Å²) in [4.78, 5) is 13.4. The van der Waals surface area contributed by atoms with Crippen molar-refractivity contribution in [3.8, 4) is 11.3 Å². The van der Waals surface area contributed by atoms with Crippen LogP contribution in [-0.2, 0) is 14.8 Å². The van der Waals surface area contributed by atoms with Crippen LogP contribution in [-0.4, -0.2) is 53.1 Å². The maximum Gasteiger partial charge on any atom is 0.279 e. The largest absolute Gasteiger partial charge is 0.382 e. The Hall–Kier alpha value is -3.87. The van der Waals surface area contributed by atoms with Crippen LogP contribution in [0.4, 0.5) is 15.9 Å². The molecule has 42 heavy (non-hydrogen) atoms. The highest BCUT2D eigenvalue weighted by molar-refractivity contribution is 7.92. The molecule has 1 aromatic carbocycles. The number of nitrogens with zero attached hydrogens (tertiary/aromatic N) is 4. The number of benzene rings is 1. The maximum atomic E-state index is 15.4. The number of aryl methyl sites for hydroxylation is 1. The minimum absolute atomic E-state index is 0.0433. The van der Waals surface area contributed by atoms with Crippen molar-refractivity contribution in [2.75, 3.05) is 23.7 Å². The molecule has 4 N–H and O–H groups in total. The fourth-order valence-electron chi connectivity index (χ4n) is 5.46. The first-order chi connectivity index (χ1) is 20.1. The summed E-state index contributed by atoms with van der Waals surface area (Å²) >= 11 is 0. The second kappa shape index (κ2) is 11.1. The topological polar surface area (TPSA) is 137 Å². The highest BCUT2D eigenvalue weighted by Gasteiger charge is 2.27. The molecule has 1 saturated heterocycles. The van der Waals surface area contributed by atoms with Gasteiger partial charge in [0.2, 0.25) is 0 Å². The van der Waals surface area contributed by atoms with Crippen molar-refractivity contribution in [3.05, 3.63) is 71.7 Å². The van der Waals surface area contributed by atoms with Crippen LogP contribution in [0.25, 0.3) is 22.3 Å². The number of nitrogen functional groups attached to an aromatic ring is 1. The number of nitrogens with two attached hydrogens (primary N) is 1. The van der Waals surface area contributed by atoms with Crippen LogP contribution in [0.2, 0.25) is 0 Å². The lowest BCUT2D eigenvalue weighted by atomic mass is 9.92. The first-order valence-electron chi connectivity index (χ1n) is 14.1. The van der Waals surface area contributed by atoms with Crippen molar-refractivity contribution >= 4 is 32.6 Å². The highest BCUT2D eigenvalue weighted by atomic mass is 32.2. The zero-order valence-electron chi connectivity index (χ0n) is 23.8. The van der Waals surface area contributed by atoms with Gasteiger partial charge in [-0.1, -0.05) is 26.0 Å². The molecule has 1 atom stereocenters. The van der Waals surface area contributed by atoms with Gasteiger partial charge < -0.3 is 15.8 Å². The Balaban J connectivity index is 1.35. The Morgan fingerprint density at radius 1 is 1.14 bits per heavy atom. The van der Waals surface area contributed by atoms with Gasteiger partial charge in [0, 0.05) is 23.7 Å². The van der Waals surface area contributed by atoms with Crippen LogP contribution in [0.3, 0.4) is 0 Å². The third-order valence-corrected chi connectivity index (χ3v) is 8.99. The predicted molar refractivity (Wildman–Crippen MR) is 160 cm³/mol. The van der Waals surface area contributed by atoms with E-state index < -0.39 is 15.8 Å². The van der Waals surface area contributed by atoms with Gasteiger partial charge in [-0.05, 0) is 61.6 Å². The average molecular weight is 592 g/mol. The quantitative estimate of drug-likeness (QED) is 0.269. The number of pyridine rings is 1. The number of sulfonamides is 1. The lowest BCUT2D eigenvalue weighted by Gasteiger charge is -2.33. The molecule has 0 unspecified atom stereocenters. The number of imidazole rings is 1. The number of anilines is 2. The smallest absolute Gasteiger partial charge is 0.279 e. The highest BCUT2D eigenvalue weighted by Crippen LogP contribution is 2.36. The molecule has 10 nitrogen and oxygen atoms in total. The molecular formula is C30H34FN7O3S. The monoisotopic (exact) mass is 591 g/mol. The Labute approximate surface area is 244 Å². The van der Waals surface area contributed by atoms with E-state index in [0.29, 0.717) is 28.9 Å². The van der Waals surface area contributed by atoms with Crippen molar-refractivity contribution in [3.63, 3.8) is 0 Å². The molecule has 0 spiro atoms. The van der Waals surface area contributed by atoms with E-state index in [1.54, 1.807) is 25.3 Å². The minimum atomic E-state index is -4.08. The van der Waals surface area contributed by atoms with Gasteiger partial charge in [0.15, 0.2) is 5.03 Å². The second-order valence-electron chi connectivity index (χ2n) is 11.3. The molecule has 2 aliphatic rings. The van der Waals surface area contributed by atoms with Crippen LogP contribution < -0.4 is 15.8 Å². The van der Waals surface area contributed by atoms with E-state index in [1.807, 2.05) is 18.2 Å². The zero-order chi connectivity index (χ0) is 29.6. The molecule has 4 aromatic rings. The molecule has 0 amide bonds. The van der Waals surface area contributed by atoms with Gasteiger partial charge in [-0.3, -0.25) is 9.12 Å². The molecule has 3 aromatic heterocycles. The number of hydrogen-bond acceptors (Lipinski definition) is 8. The van der Waals surface area contributed by atoms with E-state index in [9.17, 15) is 8.42 Å². The van der Waals surface area contributed by atoms with Gasteiger partial charge in [0.05, 0.1) is 36.8 Å². The third-order valence-electron chi connectivity index (χ3n) is 7.73. The van der Waals surface area contributed by atoms with Gasteiger partial charge in [-0.15, -0.1) is 0 Å². The lowest BCUT2D eigenvalue weighted by Crippen LogP contribution is -2.50. The Bertz CT molecular complexity index is 1800. The van der Waals surface area contributed by atoms with E-state index in [2.05, 4.69) is 26.1 Å².